The van der Waals surface area contributed by atoms with E-state index in [1.54, 1.807) is 6.92 Å². The fraction of sp³-hybridized carbons (Fsp3) is 0.625. The highest BCUT2D eigenvalue weighted by atomic mass is 16.1. The number of ketones is 2. The molecule has 1 rings (SSSR count). The average molecular weight is 246 g/mol. The molecule has 0 aromatic carbocycles. The van der Waals surface area contributed by atoms with Crippen molar-refractivity contribution in [2.45, 2.75) is 47.5 Å². The molecule has 18 heavy (non-hydrogen) atoms. The molecule has 0 N–H and O–H groups in total. The first-order valence-corrected chi connectivity index (χ1v) is 6.40. The minimum Gasteiger partial charge on any atom is -0.285 e. The molecule has 0 amide bonds. The molecule has 98 valence electrons. The van der Waals surface area contributed by atoms with Gasteiger partial charge < -0.3 is 0 Å². The second-order valence-corrected chi connectivity index (χ2v) is 4.96. The van der Waals surface area contributed by atoms with Gasteiger partial charge in [-0.2, -0.15) is 0 Å². The van der Waals surface area contributed by atoms with Crippen LogP contribution in [0.3, 0.4) is 0 Å². The molecule has 1 aliphatic rings. The highest BCUT2D eigenvalue weighted by Crippen LogP contribution is 2.27. The Morgan fingerprint density at radius 1 is 0.944 bits per heavy atom. The lowest BCUT2D eigenvalue weighted by molar-refractivity contribution is -0.117. The van der Waals surface area contributed by atoms with Gasteiger partial charge in [0.25, 0.3) is 0 Å². The highest BCUT2D eigenvalue weighted by molar-refractivity contribution is 5.97. The zero-order chi connectivity index (χ0) is 14.1. The molecule has 1 saturated carbocycles. The summed E-state index contributed by atoms with van der Waals surface area (Å²) in [5.74, 6) is 11.4. The first-order valence-electron chi connectivity index (χ1n) is 6.40. The highest BCUT2D eigenvalue weighted by Gasteiger charge is 2.18. The van der Waals surface area contributed by atoms with Crippen molar-refractivity contribution in [1.82, 2.24) is 0 Å². The molecular formula is C16H22O2. The molecule has 1 aliphatic carbocycles. The lowest BCUT2D eigenvalue weighted by Gasteiger charge is -1.91. The van der Waals surface area contributed by atoms with Gasteiger partial charge in [0.05, 0.1) is 0 Å². The van der Waals surface area contributed by atoms with E-state index in [-0.39, 0.29) is 23.4 Å². The summed E-state index contributed by atoms with van der Waals surface area (Å²) < 4.78 is 0. The SMILES string of the molecule is CC#CC(=O)C(C)C.CC(C)C(=O)C#CC1CC1. The molecule has 0 atom stereocenters. The summed E-state index contributed by atoms with van der Waals surface area (Å²) in [5.41, 5.74) is 0. The van der Waals surface area contributed by atoms with Crippen molar-refractivity contribution in [3.63, 3.8) is 0 Å². The molecule has 2 heteroatoms. The van der Waals surface area contributed by atoms with Crippen LogP contribution in [-0.2, 0) is 9.59 Å². The van der Waals surface area contributed by atoms with Crippen LogP contribution in [0.1, 0.15) is 47.5 Å². The van der Waals surface area contributed by atoms with Gasteiger partial charge in [-0.05, 0) is 31.6 Å². The van der Waals surface area contributed by atoms with E-state index in [9.17, 15) is 9.59 Å². The van der Waals surface area contributed by atoms with E-state index >= 15 is 0 Å². The average Bonchev–Trinajstić information content (AvgIpc) is 3.10. The Morgan fingerprint density at radius 2 is 1.39 bits per heavy atom. The van der Waals surface area contributed by atoms with Crippen molar-refractivity contribution in [3.8, 4) is 23.7 Å². The third kappa shape index (κ3) is 8.59. The number of carbonyl (C=O) groups excluding carboxylic acids is 2. The number of carbonyl (C=O) groups is 2. The Kier molecular flexibility index (Phi) is 7.81. The van der Waals surface area contributed by atoms with E-state index in [2.05, 4.69) is 23.7 Å². The predicted octanol–water partition coefficient (Wildman–Crippen LogP) is 2.86. The van der Waals surface area contributed by atoms with Crippen LogP contribution >= 0.6 is 0 Å². The normalized spacial score (nSPS) is 12.6. The molecule has 2 nitrogen and oxygen atoms in total. The standard InChI is InChI=1S/C9H12O.C7H10O/c1-7(2)9(10)6-5-8-3-4-8;1-4-5-7(8)6(2)3/h7-8H,3-4H2,1-2H3;6H,1-3H3. The lowest BCUT2D eigenvalue weighted by atomic mass is 10.1. The summed E-state index contributed by atoms with van der Waals surface area (Å²) in [5, 5.41) is 0. The zero-order valence-corrected chi connectivity index (χ0v) is 12.0. The molecule has 0 aliphatic heterocycles. The van der Waals surface area contributed by atoms with Gasteiger partial charge in [-0.1, -0.05) is 39.5 Å². The van der Waals surface area contributed by atoms with Crippen LogP contribution in [0, 0.1) is 41.4 Å². The van der Waals surface area contributed by atoms with Crippen LogP contribution in [0.5, 0.6) is 0 Å². The molecule has 0 bridgehead atoms. The minimum atomic E-state index is 0.0208. The van der Waals surface area contributed by atoms with E-state index in [0.717, 1.165) is 0 Å². The quantitative estimate of drug-likeness (QED) is 0.554. The Balaban J connectivity index is 0.000000331. The number of rotatable bonds is 2. The third-order valence-corrected chi connectivity index (χ3v) is 2.27. The van der Waals surface area contributed by atoms with Crippen molar-refractivity contribution < 1.29 is 9.59 Å². The van der Waals surface area contributed by atoms with Crippen LogP contribution in [0.4, 0.5) is 0 Å². The maximum atomic E-state index is 10.9. The lowest BCUT2D eigenvalue weighted by Crippen LogP contribution is -2.02. The monoisotopic (exact) mass is 246 g/mol. The molecule has 0 aromatic rings. The van der Waals surface area contributed by atoms with Crippen LogP contribution in [-0.4, -0.2) is 11.6 Å². The van der Waals surface area contributed by atoms with Gasteiger partial charge >= 0.3 is 0 Å². The third-order valence-electron chi connectivity index (χ3n) is 2.27. The van der Waals surface area contributed by atoms with Gasteiger partial charge in [-0.3, -0.25) is 9.59 Å². The van der Waals surface area contributed by atoms with Crippen LogP contribution < -0.4 is 0 Å². The van der Waals surface area contributed by atoms with Crippen molar-refractivity contribution >= 4 is 11.6 Å². The van der Waals surface area contributed by atoms with Crippen LogP contribution in [0.2, 0.25) is 0 Å². The van der Waals surface area contributed by atoms with Crippen molar-refractivity contribution in [3.05, 3.63) is 0 Å². The second kappa shape index (κ2) is 8.54. The number of hydrogen-bond acceptors (Lipinski definition) is 2. The molecule has 0 aromatic heterocycles. The van der Waals surface area contributed by atoms with E-state index < -0.39 is 0 Å². The van der Waals surface area contributed by atoms with Crippen molar-refractivity contribution in [2.75, 3.05) is 0 Å². The Labute approximate surface area is 111 Å². The van der Waals surface area contributed by atoms with Crippen LogP contribution in [0.15, 0.2) is 0 Å². The largest absolute Gasteiger partial charge is 0.285 e. The van der Waals surface area contributed by atoms with Gasteiger partial charge in [0.2, 0.25) is 11.6 Å². The summed E-state index contributed by atoms with van der Waals surface area (Å²) >= 11 is 0. The minimum absolute atomic E-state index is 0.0208. The first kappa shape index (κ1) is 16.5. The van der Waals surface area contributed by atoms with E-state index in [0.29, 0.717) is 5.92 Å². The predicted molar refractivity (Wildman–Crippen MR) is 73.6 cm³/mol. The fourth-order valence-electron chi connectivity index (χ4n) is 0.813. The zero-order valence-electron chi connectivity index (χ0n) is 12.0. The molecule has 0 unspecified atom stereocenters. The second-order valence-electron chi connectivity index (χ2n) is 4.96. The summed E-state index contributed by atoms with van der Waals surface area (Å²) in [6, 6.07) is 0. The van der Waals surface area contributed by atoms with E-state index in [4.69, 9.17) is 0 Å². The summed E-state index contributed by atoms with van der Waals surface area (Å²) in [6.45, 7) is 9.10. The molecule has 0 heterocycles. The van der Waals surface area contributed by atoms with Crippen molar-refractivity contribution in [1.29, 1.82) is 0 Å². The van der Waals surface area contributed by atoms with Gasteiger partial charge in [0, 0.05) is 17.8 Å². The Bertz CT molecular complexity index is 404. The Hall–Kier alpha value is -1.54. The van der Waals surface area contributed by atoms with Gasteiger partial charge in [0.1, 0.15) is 0 Å². The topological polar surface area (TPSA) is 34.1 Å². The molecule has 1 fully saturated rings. The summed E-state index contributed by atoms with van der Waals surface area (Å²) in [6.07, 6.45) is 2.39. The van der Waals surface area contributed by atoms with Gasteiger partial charge in [0.15, 0.2) is 0 Å². The molecular weight excluding hydrogens is 224 g/mol. The Morgan fingerprint density at radius 3 is 1.67 bits per heavy atom. The van der Waals surface area contributed by atoms with Gasteiger partial charge in [-0.25, -0.2) is 0 Å². The molecule has 0 saturated heterocycles. The van der Waals surface area contributed by atoms with E-state index in [1.807, 2.05) is 27.7 Å². The smallest absolute Gasteiger partial charge is 0.207 e. The summed E-state index contributed by atoms with van der Waals surface area (Å²) in [7, 11) is 0. The number of hydrogen-bond donors (Lipinski definition) is 0. The molecule has 0 spiro atoms. The maximum absolute atomic E-state index is 10.9. The summed E-state index contributed by atoms with van der Waals surface area (Å²) in [4.78, 5) is 21.5. The maximum Gasteiger partial charge on any atom is 0.207 e. The van der Waals surface area contributed by atoms with E-state index in [1.165, 1.54) is 12.8 Å². The van der Waals surface area contributed by atoms with Crippen molar-refractivity contribution in [2.24, 2.45) is 17.8 Å². The number of Topliss-reactive ketones (excluding diaryl/α,β-unsaturated/α-hetero) is 2. The molecule has 0 radical (unpaired) electrons. The van der Waals surface area contributed by atoms with Gasteiger partial charge in [-0.15, -0.1) is 0 Å². The first-order chi connectivity index (χ1) is 8.38. The fourth-order valence-corrected chi connectivity index (χ4v) is 0.813. The van der Waals surface area contributed by atoms with Crippen LogP contribution in [0.25, 0.3) is 0 Å².